The number of aryl methyl sites for hydroxylation is 2. The lowest BCUT2D eigenvalue weighted by molar-refractivity contribution is -0.123. The molecule has 8 nitrogen and oxygen atoms in total. The Bertz CT molecular complexity index is 1060. The third-order valence-electron chi connectivity index (χ3n) is 4.82. The zero-order valence-electron chi connectivity index (χ0n) is 17.3. The number of esters is 1. The number of nitrogens with one attached hydrogen (secondary N) is 1. The molecule has 2 unspecified atom stereocenters. The average Bonchev–Trinajstić information content (AvgIpc) is 3.12. The normalized spacial score (nSPS) is 13.1. The van der Waals surface area contributed by atoms with Crippen LogP contribution in [0.15, 0.2) is 30.3 Å². The molecule has 0 spiro atoms. The van der Waals surface area contributed by atoms with Gasteiger partial charge in [-0.15, -0.1) is 5.10 Å². The molecule has 0 bridgehead atoms. The van der Waals surface area contributed by atoms with Gasteiger partial charge >= 0.3 is 5.97 Å². The highest BCUT2D eigenvalue weighted by molar-refractivity contribution is 5.97. The van der Waals surface area contributed by atoms with Gasteiger partial charge in [-0.05, 0) is 50.8 Å². The first-order valence-electron chi connectivity index (χ1n) is 9.62. The van der Waals surface area contributed by atoms with E-state index in [4.69, 9.17) is 4.74 Å². The van der Waals surface area contributed by atoms with Crippen LogP contribution in [0, 0.1) is 13.8 Å². The minimum Gasteiger partial charge on any atom is -0.447 e. The van der Waals surface area contributed by atoms with E-state index in [1.165, 1.54) is 11.4 Å². The highest BCUT2D eigenvalue weighted by atomic mass is 16.5. The second kappa shape index (κ2) is 8.38. The SMILES string of the molecule is CCC(C)c1ccccc1NC(=O)C(C)OC(=O)c1nc2nc(C)cc(C)n2n1. The Morgan fingerprint density at radius 1 is 1.17 bits per heavy atom. The number of amides is 1. The van der Waals surface area contributed by atoms with Crippen LogP contribution < -0.4 is 5.32 Å². The molecule has 0 radical (unpaired) electrons. The maximum Gasteiger partial charge on any atom is 0.379 e. The third-order valence-corrected chi connectivity index (χ3v) is 4.82. The molecule has 0 saturated heterocycles. The molecule has 29 heavy (non-hydrogen) atoms. The maximum atomic E-state index is 12.6. The van der Waals surface area contributed by atoms with Gasteiger partial charge in [0.2, 0.25) is 0 Å². The predicted molar refractivity (Wildman–Crippen MR) is 109 cm³/mol. The van der Waals surface area contributed by atoms with Crippen LogP contribution in [-0.4, -0.2) is 37.6 Å². The lowest BCUT2D eigenvalue weighted by atomic mass is 9.97. The number of aromatic nitrogens is 4. The smallest absolute Gasteiger partial charge is 0.379 e. The second-order valence-corrected chi connectivity index (χ2v) is 7.12. The van der Waals surface area contributed by atoms with Gasteiger partial charge in [-0.2, -0.15) is 4.98 Å². The minimum absolute atomic E-state index is 0.133. The number of carbonyl (C=O) groups is 2. The van der Waals surface area contributed by atoms with Crippen LogP contribution in [0.4, 0.5) is 5.69 Å². The quantitative estimate of drug-likeness (QED) is 0.642. The van der Waals surface area contributed by atoms with Crippen molar-refractivity contribution in [2.45, 2.75) is 53.1 Å². The zero-order chi connectivity index (χ0) is 21.1. The van der Waals surface area contributed by atoms with Crippen molar-refractivity contribution in [2.75, 3.05) is 5.32 Å². The van der Waals surface area contributed by atoms with E-state index in [1.54, 1.807) is 0 Å². The van der Waals surface area contributed by atoms with Gasteiger partial charge in [-0.1, -0.05) is 32.0 Å². The summed E-state index contributed by atoms with van der Waals surface area (Å²) in [7, 11) is 0. The summed E-state index contributed by atoms with van der Waals surface area (Å²) in [4.78, 5) is 33.4. The summed E-state index contributed by atoms with van der Waals surface area (Å²) in [5.74, 6) is -0.709. The summed E-state index contributed by atoms with van der Waals surface area (Å²) in [6, 6.07) is 9.46. The minimum atomic E-state index is -1.00. The summed E-state index contributed by atoms with van der Waals surface area (Å²) in [5, 5.41) is 6.99. The molecule has 1 N–H and O–H groups in total. The van der Waals surface area contributed by atoms with Gasteiger partial charge in [-0.25, -0.2) is 14.3 Å². The van der Waals surface area contributed by atoms with Gasteiger partial charge in [0, 0.05) is 17.1 Å². The van der Waals surface area contributed by atoms with Crippen LogP contribution in [0.2, 0.25) is 0 Å². The maximum absolute atomic E-state index is 12.6. The second-order valence-electron chi connectivity index (χ2n) is 7.12. The van der Waals surface area contributed by atoms with E-state index in [-0.39, 0.29) is 5.82 Å². The Morgan fingerprint density at radius 3 is 2.62 bits per heavy atom. The van der Waals surface area contributed by atoms with Crippen molar-refractivity contribution < 1.29 is 14.3 Å². The first-order chi connectivity index (χ1) is 13.8. The largest absolute Gasteiger partial charge is 0.447 e. The van der Waals surface area contributed by atoms with Crippen molar-refractivity contribution in [2.24, 2.45) is 0 Å². The molecule has 3 rings (SSSR count). The molecule has 152 valence electrons. The number of hydrogen-bond donors (Lipinski definition) is 1. The van der Waals surface area contributed by atoms with Crippen molar-refractivity contribution in [1.82, 2.24) is 19.6 Å². The van der Waals surface area contributed by atoms with Crippen LogP contribution in [0.25, 0.3) is 5.78 Å². The number of fused-ring (bicyclic) bond motifs is 1. The molecule has 2 atom stereocenters. The van der Waals surface area contributed by atoms with Gasteiger partial charge in [0.15, 0.2) is 6.10 Å². The van der Waals surface area contributed by atoms with E-state index in [0.717, 1.165) is 29.1 Å². The Kier molecular flexibility index (Phi) is 5.91. The molecule has 0 aliphatic carbocycles. The van der Waals surface area contributed by atoms with Crippen molar-refractivity contribution >= 4 is 23.3 Å². The lowest BCUT2D eigenvalue weighted by Gasteiger charge is -2.17. The fourth-order valence-electron chi connectivity index (χ4n) is 3.01. The predicted octanol–water partition coefficient (Wildman–Crippen LogP) is 3.44. The summed E-state index contributed by atoms with van der Waals surface area (Å²) in [6.07, 6.45) is -0.0564. The summed E-state index contributed by atoms with van der Waals surface area (Å²) in [6.45, 7) is 9.39. The summed E-state index contributed by atoms with van der Waals surface area (Å²) < 4.78 is 6.75. The number of anilines is 1. The lowest BCUT2D eigenvalue weighted by Crippen LogP contribution is -2.30. The molecule has 2 aromatic heterocycles. The molecule has 1 amide bonds. The average molecular weight is 395 g/mol. The van der Waals surface area contributed by atoms with Crippen LogP contribution in [0.1, 0.15) is 60.7 Å². The number of benzene rings is 1. The van der Waals surface area contributed by atoms with Gasteiger partial charge in [0.1, 0.15) is 0 Å². The van der Waals surface area contributed by atoms with Crippen molar-refractivity contribution in [1.29, 1.82) is 0 Å². The standard InChI is InChI=1S/C21H25N5O3/c1-6-12(2)16-9-7-8-10-17(16)23-19(27)15(5)29-20(28)18-24-21-22-13(3)11-14(4)26(21)25-18/h7-12,15H,6H2,1-5H3,(H,23,27). The number of nitrogens with zero attached hydrogens (tertiary/aromatic N) is 4. The highest BCUT2D eigenvalue weighted by Crippen LogP contribution is 2.26. The number of ether oxygens (including phenoxy) is 1. The van der Waals surface area contributed by atoms with E-state index >= 15 is 0 Å². The Morgan fingerprint density at radius 2 is 1.90 bits per heavy atom. The molecule has 1 aromatic carbocycles. The molecule has 8 heteroatoms. The Hall–Kier alpha value is -3.29. The van der Waals surface area contributed by atoms with Crippen LogP contribution in [-0.2, 0) is 9.53 Å². The van der Waals surface area contributed by atoms with Gasteiger partial charge < -0.3 is 10.1 Å². The zero-order valence-corrected chi connectivity index (χ0v) is 17.3. The number of rotatable bonds is 6. The molecule has 3 aromatic rings. The molecule has 0 fully saturated rings. The monoisotopic (exact) mass is 395 g/mol. The fourth-order valence-corrected chi connectivity index (χ4v) is 3.01. The van der Waals surface area contributed by atoms with E-state index < -0.39 is 18.0 Å². The van der Waals surface area contributed by atoms with Crippen LogP contribution in [0.5, 0.6) is 0 Å². The summed E-state index contributed by atoms with van der Waals surface area (Å²) >= 11 is 0. The fraction of sp³-hybridized carbons (Fsp3) is 0.381. The molecule has 0 aliphatic heterocycles. The molecular formula is C21H25N5O3. The van der Waals surface area contributed by atoms with E-state index in [9.17, 15) is 9.59 Å². The van der Waals surface area contributed by atoms with E-state index in [0.29, 0.717) is 11.7 Å². The molecule has 0 saturated carbocycles. The number of para-hydroxylation sites is 1. The first kappa shape index (κ1) is 20.4. The van der Waals surface area contributed by atoms with Crippen molar-refractivity contribution in [3.05, 3.63) is 53.1 Å². The van der Waals surface area contributed by atoms with Crippen LogP contribution in [0.3, 0.4) is 0 Å². The van der Waals surface area contributed by atoms with E-state index in [1.807, 2.05) is 44.2 Å². The molecule has 2 heterocycles. The molecular weight excluding hydrogens is 370 g/mol. The topological polar surface area (TPSA) is 98.5 Å². The highest BCUT2D eigenvalue weighted by Gasteiger charge is 2.23. The van der Waals surface area contributed by atoms with Gasteiger partial charge in [0.25, 0.3) is 17.5 Å². The number of carbonyl (C=O) groups excluding carboxylic acids is 2. The van der Waals surface area contributed by atoms with Gasteiger partial charge in [0.05, 0.1) is 0 Å². The third kappa shape index (κ3) is 4.42. The molecule has 0 aliphatic rings. The first-order valence-corrected chi connectivity index (χ1v) is 9.62. The van der Waals surface area contributed by atoms with E-state index in [2.05, 4.69) is 34.2 Å². The Balaban J connectivity index is 1.72. The number of hydrogen-bond acceptors (Lipinski definition) is 6. The summed E-state index contributed by atoms with van der Waals surface area (Å²) in [5.41, 5.74) is 3.33. The van der Waals surface area contributed by atoms with Crippen LogP contribution >= 0.6 is 0 Å². The van der Waals surface area contributed by atoms with Crippen molar-refractivity contribution in [3.8, 4) is 0 Å². The Labute approximate surface area is 169 Å². The van der Waals surface area contributed by atoms with Crippen molar-refractivity contribution in [3.63, 3.8) is 0 Å². The van der Waals surface area contributed by atoms with Gasteiger partial charge in [-0.3, -0.25) is 4.79 Å².